The number of amides is 1. The quantitative estimate of drug-likeness (QED) is 0.500. The fraction of sp³-hybridized carbons (Fsp3) is 0.667. The van der Waals surface area contributed by atoms with Gasteiger partial charge in [-0.15, -0.1) is 0 Å². The average molecular weight is 143 g/mol. The van der Waals surface area contributed by atoms with E-state index in [2.05, 4.69) is 10.1 Å². The Morgan fingerprint density at radius 1 is 1.70 bits per heavy atom. The number of hydrogen-bond donors (Lipinski definition) is 1. The van der Waals surface area contributed by atoms with Crippen molar-refractivity contribution in [3.8, 4) is 0 Å². The molecule has 0 unspecified atom stereocenters. The van der Waals surface area contributed by atoms with E-state index >= 15 is 0 Å². The van der Waals surface area contributed by atoms with Crippen LogP contribution >= 0.6 is 0 Å². The molecule has 0 aromatic rings. The minimum atomic E-state index is -0.419. The molecule has 0 saturated carbocycles. The van der Waals surface area contributed by atoms with Gasteiger partial charge in [-0.2, -0.15) is 0 Å². The molecular formula is C6H9NO3. The smallest absolute Gasteiger partial charge is 0.332 e. The summed E-state index contributed by atoms with van der Waals surface area (Å²) >= 11 is 0. The van der Waals surface area contributed by atoms with Gasteiger partial charge in [-0.25, -0.2) is 4.79 Å². The molecule has 1 saturated heterocycles. The maximum absolute atomic E-state index is 10.5. The van der Waals surface area contributed by atoms with E-state index in [1.807, 2.05) is 0 Å². The number of esters is 1. The zero-order chi connectivity index (χ0) is 7.72. The van der Waals surface area contributed by atoms with Crippen molar-refractivity contribution in [3.63, 3.8) is 0 Å². The average Bonchev–Trinajstić information content (AvgIpc) is 1.84. The van der Waals surface area contributed by atoms with Gasteiger partial charge in [0.1, 0.15) is 6.10 Å². The van der Waals surface area contributed by atoms with Crippen molar-refractivity contribution in [2.24, 2.45) is 0 Å². The van der Waals surface area contributed by atoms with Crippen LogP contribution in [0.1, 0.15) is 13.8 Å². The maximum atomic E-state index is 10.5. The first-order chi connectivity index (χ1) is 4.61. The molecule has 0 aromatic carbocycles. The summed E-state index contributed by atoms with van der Waals surface area (Å²) in [6.07, 6.45) is -0.170. The van der Waals surface area contributed by atoms with Crippen molar-refractivity contribution in [1.82, 2.24) is 5.32 Å². The summed E-state index contributed by atoms with van der Waals surface area (Å²) in [6, 6.07) is -0.419. The molecule has 1 rings (SSSR count). The van der Waals surface area contributed by atoms with Crippen LogP contribution in [0.3, 0.4) is 0 Å². The second kappa shape index (κ2) is 2.28. The summed E-state index contributed by atoms with van der Waals surface area (Å²) in [5, 5.41) is 2.47. The minimum absolute atomic E-state index is 0.170. The summed E-state index contributed by atoms with van der Waals surface area (Å²) in [7, 11) is 0. The van der Waals surface area contributed by atoms with Gasteiger partial charge in [-0.1, -0.05) is 0 Å². The second-order valence-corrected chi connectivity index (χ2v) is 2.32. The monoisotopic (exact) mass is 143 g/mol. The third kappa shape index (κ3) is 1.10. The predicted molar refractivity (Wildman–Crippen MR) is 33.2 cm³/mol. The molecule has 4 nitrogen and oxygen atoms in total. The lowest BCUT2D eigenvalue weighted by Gasteiger charge is -2.32. The van der Waals surface area contributed by atoms with E-state index in [1.165, 1.54) is 6.92 Å². The molecule has 10 heavy (non-hydrogen) atoms. The van der Waals surface area contributed by atoms with Gasteiger partial charge in [0, 0.05) is 6.92 Å². The Bertz CT molecular complexity index is 178. The molecule has 56 valence electrons. The topological polar surface area (TPSA) is 55.4 Å². The van der Waals surface area contributed by atoms with Crippen molar-refractivity contribution < 1.29 is 14.3 Å². The molecule has 4 heteroatoms. The molecule has 1 aliphatic rings. The second-order valence-electron chi connectivity index (χ2n) is 2.32. The SMILES string of the molecule is CC(=O)N[C@H]1C(=O)O[C@H]1C. The van der Waals surface area contributed by atoms with Gasteiger partial charge in [0.2, 0.25) is 5.91 Å². The highest BCUT2D eigenvalue weighted by molar-refractivity contribution is 5.87. The standard InChI is InChI=1S/C6H9NO3/c1-3-5(6(9)10-3)7-4(2)8/h3,5H,1-2H3,(H,7,8)/t3-,5+/m0/s1. The highest BCUT2D eigenvalue weighted by atomic mass is 16.6. The Balaban J connectivity index is 2.40. The lowest BCUT2D eigenvalue weighted by molar-refractivity contribution is -0.175. The molecule has 1 fully saturated rings. The van der Waals surface area contributed by atoms with E-state index in [0.717, 1.165) is 0 Å². The zero-order valence-electron chi connectivity index (χ0n) is 5.88. The van der Waals surface area contributed by atoms with Crippen LogP contribution in [0.25, 0.3) is 0 Å². The van der Waals surface area contributed by atoms with E-state index < -0.39 is 6.04 Å². The molecule has 1 N–H and O–H groups in total. The zero-order valence-corrected chi connectivity index (χ0v) is 5.88. The van der Waals surface area contributed by atoms with Crippen molar-refractivity contribution in [2.75, 3.05) is 0 Å². The van der Waals surface area contributed by atoms with E-state index in [1.54, 1.807) is 6.92 Å². The van der Waals surface area contributed by atoms with Gasteiger partial charge < -0.3 is 10.1 Å². The summed E-state index contributed by atoms with van der Waals surface area (Å²) in [6.45, 7) is 3.11. The summed E-state index contributed by atoms with van der Waals surface area (Å²) in [4.78, 5) is 21.0. The number of carbonyl (C=O) groups is 2. The lowest BCUT2D eigenvalue weighted by Crippen LogP contribution is -2.58. The molecule has 1 heterocycles. The summed E-state index contributed by atoms with van der Waals surface area (Å²) in [5.41, 5.74) is 0. The van der Waals surface area contributed by atoms with Crippen molar-refractivity contribution in [2.45, 2.75) is 26.0 Å². The Morgan fingerprint density at radius 3 is 2.50 bits per heavy atom. The highest BCUT2D eigenvalue weighted by Crippen LogP contribution is 2.12. The van der Waals surface area contributed by atoms with Crippen molar-refractivity contribution in [1.29, 1.82) is 0 Å². The molecule has 2 atom stereocenters. The van der Waals surface area contributed by atoms with Gasteiger partial charge in [-0.3, -0.25) is 4.79 Å². The first-order valence-corrected chi connectivity index (χ1v) is 3.09. The third-order valence-electron chi connectivity index (χ3n) is 1.38. The molecular weight excluding hydrogens is 134 g/mol. The van der Waals surface area contributed by atoms with E-state index in [4.69, 9.17) is 0 Å². The van der Waals surface area contributed by atoms with Crippen LogP contribution in [-0.4, -0.2) is 24.0 Å². The fourth-order valence-corrected chi connectivity index (χ4v) is 0.839. The number of rotatable bonds is 1. The number of nitrogens with one attached hydrogen (secondary N) is 1. The molecule has 0 spiro atoms. The predicted octanol–water partition coefficient (Wildman–Crippen LogP) is -0.564. The van der Waals surface area contributed by atoms with Crippen molar-refractivity contribution in [3.05, 3.63) is 0 Å². The van der Waals surface area contributed by atoms with Gasteiger partial charge in [-0.05, 0) is 6.92 Å². The van der Waals surface area contributed by atoms with Gasteiger partial charge in [0.05, 0.1) is 0 Å². The van der Waals surface area contributed by atoms with E-state index in [9.17, 15) is 9.59 Å². The number of carbonyl (C=O) groups excluding carboxylic acids is 2. The first kappa shape index (κ1) is 7.05. The molecule has 0 bridgehead atoms. The Hall–Kier alpha value is -1.06. The normalized spacial score (nSPS) is 30.4. The molecule has 1 amide bonds. The fourth-order valence-electron chi connectivity index (χ4n) is 0.839. The van der Waals surface area contributed by atoms with Gasteiger partial charge in [0.15, 0.2) is 6.04 Å². The van der Waals surface area contributed by atoms with Crippen LogP contribution in [0.4, 0.5) is 0 Å². The third-order valence-corrected chi connectivity index (χ3v) is 1.38. The molecule has 0 radical (unpaired) electrons. The number of hydrogen-bond acceptors (Lipinski definition) is 3. The van der Waals surface area contributed by atoms with Crippen molar-refractivity contribution >= 4 is 11.9 Å². The Kier molecular flexibility index (Phi) is 1.61. The lowest BCUT2D eigenvalue weighted by atomic mass is 10.1. The Morgan fingerprint density at radius 2 is 2.30 bits per heavy atom. The van der Waals surface area contributed by atoms with Crippen LogP contribution in [0, 0.1) is 0 Å². The highest BCUT2D eigenvalue weighted by Gasteiger charge is 2.39. The van der Waals surface area contributed by atoms with Gasteiger partial charge in [0.25, 0.3) is 0 Å². The van der Waals surface area contributed by atoms with E-state index in [0.29, 0.717) is 0 Å². The van der Waals surface area contributed by atoms with E-state index in [-0.39, 0.29) is 18.0 Å². The summed E-state index contributed by atoms with van der Waals surface area (Å²) in [5.74, 6) is -0.545. The van der Waals surface area contributed by atoms with Crippen LogP contribution in [-0.2, 0) is 14.3 Å². The Labute approximate surface area is 58.5 Å². The molecule has 0 aromatic heterocycles. The molecule has 1 aliphatic heterocycles. The van der Waals surface area contributed by atoms with Gasteiger partial charge >= 0.3 is 5.97 Å². The number of cyclic esters (lactones) is 1. The summed E-state index contributed by atoms with van der Waals surface area (Å²) < 4.78 is 4.60. The first-order valence-electron chi connectivity index (χ1n) is 3.09. The maximum Gasteiger partial charge on any atom is 0.332 e. The van der Waals surface area contributed by atoms with Crippen LogP contribution < -0.4 is 5.32 Å². The molecule has 0 aliphatic carbocycles. The minimum Gasteiger partial charge on any atom is -0.458 e. The number of ether oxygens (including phenoxy) is 1. The van der Waals surface area contributed by atoms with Crippen LogP contribution in [0.5, 0.6) is 0 Å². The van der Waals surface area contributed by atoms with Crippen LogP contribution in [0.15, 0.2) is 0 Å². The van der Waals surface area contributed by atoms with Crippen LogP contribution in [0.2, 0.25) is 0 Å². The largest absolute Gasteiger partial charge is 0.458 e.